The van der Waals surface area contributed by atoms with E-state index in [-0.39, 0.29) is 11.8 Å². The summed E-state index contributed by atoms with van der Waals surface area (Å²) in [5, 5.41) is 3.00. The van der Waals surface area contributed by atoms with Gasteiger partial charge in [0.05, 0.1) is 13.2 Å². The van der Waals surface area contributed by atoms with E-state index in [2.05, 4.69) is 29.6 Å². The van der Waals surface area contributed by atoms with E-state index in [0.717, 1.165) is 17.9 Å². The summed E-state index contributed by atoms with van der Waals surface area (Å²) < 4.78 is 11.4. The molecule has 0 radical (unpaired) electrons. The normalized spacial score (nSPS) is 12.4. The Bertz CT molecular complexity index is 729. The van der Waals surface area contributed by atoms with Crippen LogP contribution in [-0.4, -0.2) is 25.7 Å². The summed E-state index contributed by atoms with van der Waals surface area (Å²) in [6.45, 7) is 7.82. The van der Waals surface area contributed by atoms with Crippen LogP contribution in [-0.2, 0) is 4.79 Å². The number of rotatable bonds is 8. The maximum atomic E-state index is 11.6. The smallest absolute Gasteiger partial charge is 0.219 e. The van der Waals surface area contributed by atoms with Crippen LogP contribution in [0.1, 0.15) is 50.7 Å². The summed E-state index contributed by atoms with van der Waals surface area (Å²) in [7, 11) is 0. The average Bonchev–Trinajstić information content (AvgIpc) is 2.95. The lowest BCUT2D eigenvalue weighted by Gasteiger charge is -2.16. The fourth-order valence-electron chi connectivity index (χ4n) is 3.62. The van der Waals surface area contributed by atoms with Crippen LogP contribution in [0.5, 0.6) is 11.5 Å². The molecule has 0 aliphatic heterocycles. The van der Waals surface area contributed by atoms with Gasteiger partial charge < -0.3 is 14.8 Å². The molecule has 3 rings (SSSR count). The highest BCUT2D eigenvalue weighted by Crippen LogP contribution is 2.48. The van der Waals surface area contributed by atoms with Gasteiger partial charge in [0, 0.05) is 18.9 Å². The van der Waals surface area contributed by atoms with Crippen LogP contribution in [0.4, 0.5) is 0 Å². The predicted octanol–water partition coefficient (Wildman–Crippen LogP) is 4.51. The van der Waals surface area contributed by atoms with Crippen molar-refractivity contribution in [2.75, 3.05) is 19.8 Å². The second-order valence-corrected chi connectivity index (χ2v) is 6.41. The molecule has 26 heavy (non-hydrogen) atoms. The Morgan fingerprint density at radius 1 is 0.923 bits per heavy atom. The van der Waals surface area contributed by atoms with Gasteiger partial charge in [-0.15, -0.1) is 0 Å². The molecule has 0 atom stereocenters. The molecule has 0 spiro atoms. The maximum Gasteiger partial charge on any atom is 0.219 e. The maximum absolute atomic E-state index is 11.6. The summed E-state index contributed by atoms with van der Waals surface area (Å²) >= 11 is 0. The van der Waals surface area contributed by atoms with Gasteiger partial charge >= 0.3 is 0 Å². The highest BCUT2D eigenvalue weighted by Gasteiger charge is 2.29. The van der Waals surface area contributed by atoms with E-state index >= 15 is 0 Å². The van der Waals surface area contributed by atoms with Crippen LogP contribution in [0.2, 0.25) is 0 Å². The van der Waals surface area contributed by atoms with Crippen LogP contribution in [0.25, 0.3) is 11.1 Å². The van der Waals surface area contributed by atoms with Crippen molar-refractivity contribution in [2.24, 2.45) is 0 Å². The molecule has 0 aromatic heterocycles. The van der Waals surface area contributed by atoms with Gasteiger partial charge in [0.25, 0.3) is 0 Å². The molecule has 1 aliphatic carbocycles. The molecule has 138 valence electrons. The second-order valence-electron chi connectivity index (χ2n) is 6.41. The van der Waals surface area contributed by atoms with Crippen LogP contribution >= 0.6 is 0 Å². The summed E-state index contributed by atoms with van der Waals surface area (Å²) in [6, 6.07) is 12.6. The fraction of sp³-hybridized carbons (Fsp3) is 0.409. The molecule has 4 nitrogen and oxygen atoms in total. The summed E-state index contributed by atoms with van der Waals surface area (Å²) in [5.41, 5.74) is 5.03. The van der Waals surface area contributed by atoms with E-state index in [4.69, 9.17) is 9.47 Å². The number of ether oxygens (including phenoxy) is 2. The van der Waals surface area contributed by atoms with Gasteiger partial charge in [-0.1, -0.05) is 19.1 Å². The molecule has 0 saturated carbocycles. The molecule has 2 aromatic carbocycles. The summed E-state index contributed by atoms with van der Waals surface area (Å²) in [5.74, 6) is 2.12. The van der Waals surface area contributed by atoms with E-state index in [0.29, 0.717) is 26.2 Å². The molecule has 1 N–H and O–H groups in total. The largest absolute Gasteiger partial charge is 0.494 e. The minimum Gasteiger partial charge on any atom is -0.494 e. The number of hydrogen-bond acceptors (Lipinski definition) is 3. The Kier molecular flexibility index (Phi) is 5.82. The van der Waals surface area contributed by atoms with Crippen molar-refractivity contribution in [3.63, 3.8) is 0 Å². The molecule has 0 fully saturated rings. The van der Waals surface area contributed by atoms with Gasteiger partial charge in [-0.25, -0.2) is 0 Å². The van der Waals surface area contributed by atoms with Crippen LogP contribution < -0.4 is 14.8 Å². The highest BCUT2D eigenvalue weighted by atomic mass is 16.5. The van der Waals surface area contributed by atoms with Crippen LogP contribution in [0.3, 0.4) is 0 Å². The monoisotopic (exact) mass is 353 g/mol. The third-order valence-corrected chi connectivity index (χ3v) is 4.79. The SMILES string of the molecule is CCOc1ccc2c(c1)C(CCNC(=O)CC)c1cc(OCC)ccc1-2. The first-order valence-electron chi connectivity index (χ1n) is 9.48. The number of carbonyl (C=O) groups excluding carboxylic acids is 1. The number of fused-ring (bicyclic) bond motifs is 3. The Labute approximate surface area is 155 Å². The van der Waals surface area contributed by atoms with E-state index < -0.39 is 0 Å². The third kappa shape index (κ3) is 3.69. The lowest BCUT2D eigenvalue weighted by Crippen LogP contribution is -2.24. The van der Waals surface area contributed by atoms with Gasteiger partial charge in [-0.2, -0.15) is 0 Å². The van der Waals surface area contributed by atoms with Gasteiger partial charge in [-0.05, 0) is 66.8 Å². The van der Waals surface area contributed by atoms with E-state index in [1.54, 1.807) is 0 Å². The molecular weight excluding hydrogens is 326 g/mol. The lowest BCUT2D eigenvalue weighted by atomic mass is 9.93. The number of nitrogens with one attached hydrogen (secondary N) is 1. The lowest BCUT2D eigenvalue weighted by molar-refractivity contribution is -0.120. The Morgan fingerprint density at radius 3 is 1.92 bits per heavy atom. The first-order chi connectivity index (χ1) is 12.7. The molecule has 0 heterocycles. The van der Waals surface area contributed by atoms with Crippen molar-refractivity contribution in [3.05, 3.63) is 47.5 Å². The minimum absolute atomic E-state index is 0.0922. The first-order valence-corrected chi connectivity index (χ1v) is 9.48. The molecule has 2 aromatic rings. The number of amides is 1. The number of carbonyl (C=O) groups is 1. The molecular formula is C22H27NO3. The topological polar surface area (TPSA) is 47.6 Å². The quantitative estimate of drug-likeness (QED) is 0.759. The highest BCUT2D eigenvalue weighted by molar-refractivity contribution is 5.80. The zero-order valence-electron chi connectivity index (χ0n) is 15.8. The van der Waals surface area contributed by atoms with E-state index in [1.807, 2.05) is 32.9 Å². The first kappa shape index (κ1) is 18.3. The van der Waals surface area contributed by atoms with Gasteiger partial charge in [0.2, 0.25) is 5.91 Å². The van der Waals surface area contributed by atoms with Crippen molar-refractivity contribution in [1.82, 2.24) is 5.32 Å². The molecule has 0 unspecified atom stereocenters. The fourth-order valence-corrected chi connectivity index (χ4v) is 3.62. The summed E-state index contributed by atoms with van der Waals surface area (Å²) in [4.78, 5) is 11.6. The van der Waals surface area contributed by atoms with Crippen LogP contribution in [0.15, 0.2) is 36.4 Å². The molecule has 4 heteroatoms. The molecule has 0 bridgehead atoms. The Hall–Kier alpha value is -2.49. The van der Waals surface area contributed by atoms with Crippen molar-refractivity contribution in [1.29, 1.82) is 0 Å². The zero-order valence-corrected chi connectivity index (χ0v) is 15.8. The standard InChI is InChI=1S/C22H27NO3/c1-4-22(24)23-12-11-19-20-13-15(25-5-2)7-9-17(20)18-10-8-16(26-6-3)14-21(18)19/h7-10,13-14,19H,4-6,11-12H2,1-3H3,(H,23,24). The van der Waals surface area contributed by atoms with Crippen LogP contribution in [0, 0.1) is 0 Å². The van der Waals surface area contributed by atoms with Crippen molar-refractivity contribution in [2.45, 2.75) is 39.5 Å². The summed E-state index contributed by atoms with van der Waals surface area (Å²) in [6.07, 6.45) is 1.37. The molecule has 1 amide bonds. The Morgan fingerprint density at radius 2 is 1.46 bits per heavy atom. The van der Waals surface area contributed by atoms with Crippen molar-refractivity contribution in [3.8, 4) is 22.6 Å². The molecule has 1 aliphatic rings. The number of hydrogen-bond donors (Lipinski definition) is 1. The van der Waals surface area contributed by atoms with E-state index in [1.165, 1.54) is 22.3 Å². The zero-order chi connectivity index (χ0) is 18.5. The second kappa shape index (κ2) is 8.26. The van der Waals surface area contributed by atoms with Gasteiger partial charge in [0.15, 0.2) is 0 Å². The Balaban J connectivity index is 1.93. The van der Waals surface area contributed by atoms with Crippen molar-refractivity contribution < 1.29 is 14.3 Å². The van der Waals surface area contributed by atoms with Gasteiger partial charge in [0.1, 0.15) is 11.5 Å². The van der Waals surface area contributed by atoms with E-state index in [9.17, 15) is 4.79 Å². The predicted molar refractivity (Wildman–Crippen MR) is 104 cm³/mol. The number of benzene rings is 2. The minimum atomic E-state index is 0.0922. The van der Waals surface area contributed by atoms with Crippen molar-refractivity contribution >= 4 is 5.91 Å². The third-order valence-electron chi connectivity index (χ3n) is 4.79. The van der Waals surface area contributed by atoms with Gasteiger partial charge in [-0.3, -0.25) is 4.79 Å². The average molecular weight is 353 g/mol. The molecule has 0 saturated heterocycles.